The van der Waals surface area contributed by atoms with Crippen molar-refractivity contribution >= 4 is 23.2 Å². The molecule has 24 heavy (non-hydrogen) atoms. The molecule has 0 atom stereocenters. The summed E-state index contributed by atoms with van der Waals surface area (Å²) in [4.78, 5) is 28.2. The Morgan fingerprint density at radius 3 is 2.54 bits per heavy atom. The maximum atomic E-state index is 12.6. The molecule has 5 nitrogen and oxygen atoms in total. The summed E-state index contributed by atoms with van der Waals surface area (Å²) in [5, 5.41) is 15.0. The summed E-state index contributed by atoms with van der Waals surface area (Å²) in [6, 6.07) is 7.25. The molecule has 0 aliphatic rings. The van der Waals surface area contributed by atoms with E-state index in [0.29, 0.717) is 18.4 Å². The Bertz CT molecular complexity index is 735. The standard InChI is InChI=1S/C18H22N2O3S/c1-4-18(5-2,10-16(21)22)20-17(23)14-8-6-7-13(9-14)15-11-24-12(3)19-15/h6-9,11H,4-5,10H2,1-3H3,(H,20,23)(H,21,22). The second-order valence-electron chi connectivity index (χ2n) is 5.84. The number of carbonyl (C=O) groups is 2. The molecule has 1 aromatic heterocycles. The average molecular weight is 346 g/mol. The summed E-state index contributed by atoms with van der Waals surface area (Å²) in [5.74, 6) is -1.17. The van der Waals surface area contributed by atoms with Gasteiger partial charge in [-0.3, -0.25) is 9.59 Å². The second kappa shape index (κ2) is 7.57. The fourth-order valence-corrected chi connectivity index (χ4v) is 3.26. The lowest BCUT2D eigenvalue weighted by Crippen LogP contribution is -2.49. The number of aliphatic carboxylic acids is 1. The fraction of sp³-hybridized carbons (Fsp3) is 0.389. The molecule has 2 rings (SSSR count). The molecule has 0 saturated carbocycles. The number of carboxylic acid groups (broad SMARTS) is 1. The third-order valence-corrected chi connectivity index (χ3v) is 5.03. The van der Waals surface area contributed by atoms with Gasteiger partial charge >= 0.3 is 5.97 Å². The number of nitrogens with one attached hydrogen (secondary N) is 1. The molecule has 0 aliphatic heterocycles. The van der Waals surface area contributed by atoms with Gasteiger partial charge in [0.2, 0.25) is 0 Å². The minimum atomic E-state index is -0.911. The Kier molecular flexibility index (Phi) is 5.72. The number of benzene rings is 1. The van der Waals surface area contributed by atoms with Crippen molar-refractivity contribution in [1.82, 2.24) is 10.3 Å². The Morgan fingerprint density at radius 2 is 2.00 bits per heavy atom. The van der Waals surface area contributed by atoms with E-state index in [1.807, 2.05) is 38.3 Å². The first-order valence-corrected chi connectivity index (χ1v) is 8.84. The number of amides is 1. The molecule has 6 heteroatoms. The number of rotatable bonds is 7. The van der Waals surface area contributed by atoms with E-state index < -0.39 is 11.5 Å². The summed E-state index contributed by atoms with van der Waals surface area (Å²) >= 11 is 1.56. The van der Waals surface area contributed by atoms with E-state index in [4.69, 9.17) is 5.11 Å². The van der Waals surface area contributed by atoms with Crippen LogP contribution in [-0.4, -0.2) is 27.5 Å². The molecular weight excluding hydrogens is 324 g/mol. The highest BCUT2D eigenvalue weighted by Gasteiger charge is 2.31. The quantitative estimate of drug-likeness (QED) is 0.797. The average Bonchev–Trinajstić information content (AvgIpc) is 3.00. The fourth-order valence-electron chi connectivity index (χ4n) is 2.64. The molecule has 1 heterocycles. The normalized spacial score (nSPS) is 11.3. The Labute approximate surface area is 145 Å². The van der Waals surface area contributed by atoms with Crippen molar-refractivity contribution in [2.75, 3.05) is 0 Å². The second-order valence-corrected chi connectivity index (χ2v) is 6.91. The van der Waals surface area contributed by atoms with Crippen LogP contribution in [0.3, 0.4) is 0 Å². The van der Waals surface area contributed by atoms with Gasteiger partial charge in [-0.25, -0.2) is 4.98 Å². The van der Waals surface area contributed by atoms with E-state index in [9.17, 15) is 9.59 Å². The van der Waals surface area contributed by atoms with Gasteiger partial charge in [0.05, 0.1) is 22.7 Å². The molecule has 2 aromatic rings. The van der Waals surface area contributed by atoms with E-state index in [1.165, 1.54) is 0 Å². The van der Waals surface area contributed by atoms with Crippen molar-refractivity contribution < 1.29 is 14.7 Å². The number of hydrogen-bond acceptors (Lipinski definition) is 4. The molecule has 1 amide bonds. The van der Waals surface area contributed by atoms with Gasteiger partial charge in [-0.2, -0.15) is 0 Å². The third-order valence-electron chi connectivity index (χ3n) is 4.26. The molecular formula is C18H22N2O3S. The Hall–Kier alpha value is -2.21. The zero-order valence-electron chi connectivity index (χ0n) is 14.1. The van der Waals surface area contributed by atoms with Crippen molar-refractivity contribution in [2.45, 2.75) is 45.6 Å². The lowest BCUT2D eigenvalue weighted by Gasteiger charge is -2.31. The molecule has 1 aromatic carbocycles. The number of carboxylic acids is 1. The van der Waals surface area contributed by atoms with Gasteiger partial charge in [-0.15, -0.1) is 11.3 Å². The molecule has 0 radical (unpaired) electrons. The molecule has 0 saturated heterocycles. The number of carbonyl (C=O) groups excluding carboxylic acids is 1. The molecule has 0 spiro atoms. The highest BCUT2D eigenvalue weighted by atomic mass is 32.1. The van der Waals surface area contributed by atoms with Crippen LogP contribution in [0, 0.1) is 6.92 Å². The zero-order valence-corrected chi connectivity index (χ0v) is 14.9. The summed E-state index contributed by atoms with van der Waals surface area (Å²) in [7, 11) is 0. The summed E-state index contributed by atoms with van der Waals surface area (Å²) in [5.41, 5.74) is 1.50. The topological polar surface area (TPSA) is 79.3 Å². The first kappa shape index (κ1) is 18.1. The van der Waals surface area contributed by atoms with E-state index in [1.54, 1.807) is 23.5 Å². The third kappa shape index (κ3) is 4.20. The highest BCUT2D eigenvalue weighted by molar-refractivity contribution is 7.09. The SMILES string of the molecule is CCC(CC)(CC(=O)O)NC(=O)c1cccc(-c2csc(C)n2)c1. The van der Waals surface area contributed by atoms with Crippen LogP contribution in [0.15, 0.2) is 29.6 Å². The lowest BCUT2D eigenvalue weighted by molar-refractivity contribution is -0.138. The monoisotopic (exact) mass is 346 g/mol. The molecule has 0 bridgehead atoms. The van der Waals surface area contributed by atoms with Gasteiger partial charge in [-0.05, 0) is 31.9 Å². The Morgan fingerprint density at radius 1 is 1.29 bits per heavy atom. The van der Waals surface area contributed by atoms with Crippen molar-refractivity contribution in [3.63, 3.8) is 0 Å². The molecule has 128 valence electrons. The minimum Gasteiger partial charge on any atom is -0.481 e. The molecule has 0 fully saturated rings. The highest BCUT2D eigenvalue weighted by Crippen LogP contribution is 2.24. The predicted molar refractivity (Wildman–Crippen MR) is 95.3 cm³/mol. The van der Waals surface area contributed by atoms with Gasteiger partial charge < -0.3 is 10.4 Å². The van der Waals surface area contributed by atoms with Crippen LogP contribution in [0.4, 0.5) is 0 Å². The summed E-state index contributed by atoms with van der Waals surface area (Å²) < 4.78 is 0. The Balaban J connectivity index is 2.24. The molecule has 0 unspecified atom stereocenters. The van der Waals surface area contributed by atoms with Crippen LogP contribution in [0.5, 0.6) is 0 Å². The number of nitrogens with zero attached hydrogens (tertiary/aromatic N) is 1. The van der Waals surface area contributed by atoms with E-state index in [-0.39, 0.29) is 12.3 Å². The van der Waals surface area contributed by atoms with Crippen molar-refractivity contribution in [1.29, 1.82) is 0 Å². The van der Waals surface area contributed by atoms with Gasteiger partial charge in [0, 0.05) is 16.5 Å². The van der Waals surface area contributed by atoms with Crippen LogP contribution < -0.4 is 5.32 Å². The summed E-state index contributed by atoms with van der Waals surface area (Å²) in [6.07, 6.45) is 1.04. The predicted octanol–water partition coefficient (Wildman–Crippen LogP) is 3.88. The number of aryl methyl sites for hydroxylation is 1. The summed E-state index contributed by atoms with van der Waals surface area (Å²) in [6.45, 7) is 5.72. The number of thiazole rings is 1. The zero-order chi connectivity index (χ0) is 17.7. The van der Waals surface area contributed by atoms with Crippen LogP contribution >= 0.6 is 11.3 Å². The smallest absolute Gasteiger partial charge is 0.305 e. The van der Waals surface area contributed by atoms with Crippen molar-refractivity contribution in [2.24, 2.45) is 0 Å². The number of hydrogen-bond donors (Lipinski definition) is 2. The lowest BCUT2D eigenvalue weighted by atomic mass is 9.88. The maximum Gasteiger partial charge on any atom is 0.305 e. The first-order valence-electron chi connectivity index (χ1n) is 7.96. The van der Waals surface area contributed by atoms with Gasteiger partial charge in [-0.1, -0.05) is 26.0 Å². The van der Waals surface area contributed by atoms with Gasteiger partial charge in [0.25, 0.3) is 5.91 Å². The van der Waals surface area contributed by atoms with Crippen LogP contribution in [0.25, 0.3) is 11.3 Å². The number of aromatic nitrogens is 1. The maximum absolute atomic E-state index is 12.6. The molecule has 0 aliphatic carbocycles. The van der Waals surface area contributed by atoms with Gasteiger partial charge in [0.1, 0.15) is 0 Å². The minimum absolute atomic E-state index is 0.0866. The van der Waals surface area contributed by atoms with E-state index >= 15 is 0 Å². The van der Waals surface area contributed by atoms with Crippen molar-refractivity contribution in [3.05, 3.63) is 40.2 Å². The first-order chi connectivity index (χ1) is 11.4. The van der Waals surface area contributed by atoms with E-state index in [2.05, 4.69) is 10.3 Å². The molecule has 2 N–H and O–H groups in total. The van der Waals surface area contributed by atoms with Crippen LogP contribution in [0.2, 0.25) is 0 Å². The van der Waals surface area contributed by atoms with Crippen molar-refractivity contribution in [3.8, 4) is 11.3 Å². The van der Waals surface area contributed by atoms with Gasteiger partial charge in [0.15, 0.2) is 0 Å². The van der Waals surface area contributed by atoms with Crippen LogP contribution in [0.1, 0.15) is 48.5 Å². The van der Waals surface area contributed by atoms with Crippen LogP contribution in [-0.2, 0) is 4.79 Å². The van der Waals surface area contributed by atoms with E-state index in [0.717, 1.165) is 16.3 Å². The largest absolute Gasteiger partial charge is 0.481 e.